The zero-order chi connectivity index (χ0) is 23.2. The highest BCUT2D eigenvalue weighted by Crippen LogP contribution is 2.45. The van der Waals surface area contributed by atoms with Gasteiger partial charge < -0.3 is 24.2 Å². The van der Waals surface area contributed by atoms with E-state index in [4.69, 9.17) is 19.0 Å². The van der Waals surface area contributed by atoms with E-state index in [1.54, 1.807) is 18.2 Å². The van der Waals surface area contributed by atoms with E-state index in [9.17, 15) is 14.7 Å². The standard InChI is InChI=1S/C24H26N2O7/c1-24(2)31-14-17(33-24)13-30-16-8-9-18-19(10-16)20-11-25(21(18)22(27)28)23(29)26(20)32-12-15-6-4-3-5-7-15/h3-10,17,20-21H,11-14H2,1-2H3,(H,27,28). The maximum atomic E-state index is 13.0. The Kier molecular flexibility index (Phi) is 5.48. The smallest absolute Gasteiger partial charge is 0.345 e. The zero-order valence-corrected chi connectivity index (χ0v) is 18.5. The third-order valence-electron chi connectivity index (χ3n) is 6.06. The van der Waals surface area contributed by atoms with Crippen LogP contribution in [0, 0.1) is 0 Å². The molecule has 33 heavy (non-hydrogen) atoms. The van der Waals surface area contributed by atoms with E-state index in [0.29, 0.717) is 30.1 Å². The lowest BCUT2D eigenvalue weighted by Crippen LogP contribution is -2.38. The fourth-order valence-corrected chi connectivity index (χ4v) is 4.55. The molecule has 0 spiro atoms. The lowest BCUT2D eigenvalue weighted by atomic mass is 9.91. The summed E-state index contributed by atoms with van der Waals surface area (Å²) in [5, 5.41) is 11.2. The molecule has 2 aromatic carbocycles. The summed E-state index contributed by atoms with van der Waals surface area (Å²) in [5.74, 6) is -1.15. The molecular formula is C24H26N2O7. The summed E-state index contributed by atoms with van der Waals surface area (Å²) in [6.45, 7) is 4.88. The van der Waals surface area contributed by atoms with Gasteiger partial charge in [-0.2, -0.15) is 5.06 Å². The first-order valence-electron chi connectivity index (χ1n) is 10.9. The number of nitrogens with zero attached hydrogens (tertiary/aromatic N) is 2. The summed E-state index contributed by atoms with van der Waals surface area (Å²) in [7, 11) is 0. The van der Waals surface area contributed by atoms with Crippen molar-refractivity contribution in [2.75, 3.05) is 19.8 Å². The number of carbonyl (C=O) groups excluding carboxylic acids is 1. The number of ether oxygens (including phenoxy) is 3. The van der Waals surface area contributed by atoms with Crippen LogP contribution in [-0.4, -0.2) is 58.7 Å². The lowest BCUT2D eigenvalue weighted by Gasteiger charge is -2.30. The average molecular weight is 454 g/mol. The zero-order valence-electron chi connectivity index (χ0n) is 18.5. The summed E-state index contributed by atoms with van der Waals surface area (Å²) in [6, 6.07) is 12.8. The molecule has 3 atom stereocenters. The summed E-state index contributed by atoms with van der Waals surface area (Å²) in [4.78, 5) is 32.3. The third-order valence-corrected chi connectivity index (χ3v) is 6.06. The van der Waals surface area contributed by atoms with Crippen molar-refractivity contribution in [1.29, 1.82) is 0 Å². The van der Waals surface area contributed by atoms with Crippen LogP contribution in [0.3, 0.4) is 0 Å². The lowest BCUT2D eigenvalue weighted by molar-refractivity contribution is -0.143. The van der Waals surface area contributed by atoms with E-state index in [-0.39, 0.29) is 19.3 Å². The van der Waals surface area contributed by atoms with Gasteiger partial charge in [0.15, 0.2) is 11.8 Å². The highest BCUT2D eigenvalue weighted by atomic mass is 16.7. The van der Waals surface area contributed by atoms with E-state index in [1.807, 2.05) is 44.2 Å². The van der Waals surface area contributed by atoms with E-state index in [0.717, 1.165) is 5.56 Å². The molecule has 9 heteroatoms. The SMILES string of the molecule is CC1(C)OCC(COc2ccc3c(c2)C2CN(C(=O)N2OCc2ccccc2)C3C(=O)O)O1. The molecule has 2 saturated heterocycles. The molecule has 1 N–H and O–H groups in total. The predicted octanol–water partition coefficient (Wildman–Crippen LogP) is 3.27. The number of aliphatic carboxylic acids is 1. The number of rotatable bonds is 7. The summed E-state index contributed by atoms with van der Waals surface area (Å²) in [5.41, 5.74) is 2.18. The molecular weight excluding hydrogens is 428 g/mol. The number of hydrogen-bond acceptors (Lipinski definition) is 6. The van der Waals surface area contributed by atoms with Crippen LogP contribution in [-0.2, 0) is 25.7 Å². The molecule has 0 aliphatic carbocycles. The molecule has 9 nitrogen and oxygen atoms in total. The normalized spacial score (nSPS) is 25.3. The number of carboxylic acid groups (broad SMARTS) is 1. The number of fused-ring (bicyclic) bond motifs is 4. The minimum Gasteiger partial charge on any atom is -0.491 e. The molecule has 174 valence electrons. The van der Waals surface area contributed by atoms with E-state index < -0.39 is 29.9 Å². The fraction of sp³-hybridized carbons (Fsp3) is 0.417. The quantitative estimate of drug-likeness (QED) is 0.686. The van der Waals surface area contributed by atoms with Crippen LogP contribution in [0.25, 0.3) is 0 Å². The van der Waals surface area contributed by atoms with Crippen LogP contribution < -0.4 is 4.74 Å². The Morgan fingerprint density at radius 3 is 2.67 bits per heavy atom. The molecule has 2 fully saturated rings. The Bertz CT molecular complexity index is 1060. The van der Waals surface area contributed by atoms with Crippen LogP contribution in [0.5, 0.6) is 5.75 Å². The molecule has 0 saturated carbocycles. The largest absolute Gasteiger partial charge is 0.491 e. The Labute approximate surface area is 191 Å². The first-order valence-corrected chi connectivity index (χ1v) is 10.9. The van der Waals surface area contributed by atoms with Gasteiger partial charge in [-0.25, -0.2) is 9.59 Å². The van der Waals surface area contributed by atoms with Crippen molar-refractivity contribution in [3.63, 3.8) is 0 Å². The minimum atomic E-state index is -1.08. The number of benzene rings is 2. The molecule has 3 aliphatic heterocycles. The van der Waals surface area contributed by atoms with Crippen LogP contribution >= 0.6 is 0 Å². The highest BCUT2D eigenvalue weighted by molar-refractivity contribution is 5.87. The topological polar surface area (TPSA) is 97.8 Å². The van der Waals surface area contributed by atoms with Gasteiger partial charge in [0.2, 0.25) is 0 Å². The molecule has 3 aliphatic rings. The van der Waals surface area contributed by atoms with Gasteiger partial charge in [-0.1, -0.05) is 36.4 Å². The molecule has 5 rings (SSSR count). The van der Waals surface area contributed by atoms with Crippen molar-refractivity contribution in [2.45, 2.75) is 44.4 Å². The van der Waals surface area contributed by atoms with Crippen LogP contribution in [0.2, 0.25) is 0 Å². The minimum absolute atomic E-state index is 0.197. The number of carboxylic acids is 1. The maximum Gasteiger partial charge on any atom is 0.345 e. The second kappa shape index (κ2) is 8.33. The Morgan fingerprint density at radius 2 is 1.97 bits per heavy atom. The van der Waals surface area contributed by atoms with Crippen molar-refractivity contribution in [2.24, 2.45) is 0 Å². The van der Waals surface area contributed by atoms with Crippen LogP contribution in [0.15, 0.2) is 48.5 Å². The molecule has 2 bridgehead atoms. The molecule has 2 aromatic rings. The van der Waals surface area contributed by atoms with Gasteiger partial charge in [0.1, 0.15) is 31.1 Å². The maximum absolute atomic E-state index is 13.0. The third kappa shape index (κ3) is 4.15. The second-order valence-corrected chi connectivity index (χ2v) is 8.83. The molecule has 2 amide bonds. The molecule has 0 aromatic heterocycles. The monoisotopic (exact) mass is 454 g/mol. The average Bonchev–Trinajstić information content (AvgIpc) is 3.28. The van der Waals surface area contributed by atoms with Crippen molar-refractivity contribution < 1.29 is 33.7 Å². The summed E-state index contributed by atoms with van der Waals surface area (Å²) in [6.07, 6.45) is -0.197. The summed E-state index contributed by atoms with van der Waals surface area (Å²) >= 11 is 0. The number of urea groups is 1. The van der Waals surface area contributed by atoms with Gasteiger partial charge in [0, 0.05) is 0 Å². The van der Waals surface area contributed by atoms with Crippen molar-refractivity contribution in [3.05, 3.63) is 65.2 Å². The van der Waals surface area contributed by atoms with Gasteiger partial charge in [-0.15, -0.1) is 0 Å². The van der Waals surface area contributed by atoms with Gasteiger partial charge in [0.05, 0.1) is 13.2 Å². The van der Waals surface area contributed by atoms with Gasteiger partial charge in [-0.3, -0.25) is 4.84 Å². The van der Waals surface area contributed by atoms with E-state index in [1.165, 1.54) is 9.96 Å². The second-order valence-electron chi connectivity index (χ2n) is 8.83. The number of hydrogen-bond donors (Lipinski definition) is 1. The first kappa shape index (κ1) is 21.7. The predicted molar refractivity (Wildman–Crippen MR) is 115 cm³/mol. The Balaban J connectivity index is 1.38. The van der Waals surface area contributed by atoms with Gasteiger partial charge in [0.25, 0.3) is 0 Å². The molecule has 3 unspecified atom stereocenters. The Hall–Kier alpha value is -3.14. The van der Waals surface area contributed by atoms with Gasteiger partial charge in [-0.05, 0) is 42.7 Å². The first-order chi connectivity index (χ1) is 15.8. The highest BCUT2D eigenvalue weighted by Gasteiger charge is 2.51. The fourth-order valence-electron chi connectivity index (χ4n) is 4.55. The Morgan fingerprint density at radius 1 is 1.18 bits per heavy atom. The number of hydroxylamine groups is 2. The van der Waals surface area contributed by atoms with Crippen LogP contribution in [0.4, 0.5) is 4.79 Å². The van der Waals surface area contributed by atoms with Crippen molar-refractivity contribution in [3.8, 4) is 5.75 Å². The number of carbonyl (C=O) groups is 2. The van der Waals surface area contributed by atoms with Crippen LogP contribution in [0.1, 0.15) is 42.6 Å². The molecule has 3 heterocycles. The number of amides is 2. The van der Waals surface area contributed by atoms with E-state index >= 15 is 0 Å². The van der Waals surface area contributed by atoms with Gasteiger partial charge >= 0.3 is 12.0 Å². The van der Waals surface area contributed by atoms with Crippen molar-refractivity contribution >= 4 is 12.0 Å². The van der Waals surface area contributed by atoms with E-state index in [2.05, 4.69) is 0 Å². The van der Waals surface area contributed by atoms with Crippen molar-refractivity contribution in [1.82, 2.24) is 9.96 Å². The summed E-state index contributed by atoms with van der Waals surface area (Å²) < 4.78 is 17.3. The molecule has 0 radical (unpaired) electrons.